The Morgan fingerprint density at radius 2 is 2.05 bits per heavy atom. The fourth-order valence-corrected chi connectivity index (χ4v) is 3.34. The molecule has 0 radical (unpaired) electrons. The Morgan fingerprint density at radius 1 is 1.29 bits per heavy atom. The number of nitrogens with one attached hydrogen (secondary N) is 1. The zero-order chi connectivity index (χ0) is 15.5. The van der Waals surface area contributed by atoms with Crippen molar-refractivity contribution in [3.63, 3.8) is 0 Å². The lowest BCUT2D eigenvalue weighted by molar-refractivity contribution is 0.0498. The van der Waals surface area contributed by atoms with Gasteiger partial charge in [-0.1, -0.05) is 35.7 Å². The molecule has 1 N–H and O–H groups in total. The maximum absolute atomic E-state index is 11.3. The molecule has 1 aliphatic rings. The average Bonchev–Trinajstić information content (AvgIpc) is 2.64. The summed E-state index contributed by atoms with van der Waals surface area (Å²) in [5.41, 5.74) is 1.03. The zero-order valence-corrected chi connectivity index (χ0v) is 14.1. The number of halogens is 2. The van der Waals surface area contributed by atoms with Gasteiger partial charge in [-0.3, -0.25) is 0 Å². The Labute approximate surface area is 135 Å². The molecule has 0 amide bonds. The predicted octanol–water partition coefficient (Wildman–Crippen LogP) is 3.20. The van der Waals surface area contributed by atoms with E-state index in [-0.39, 0.29) is 18.6 Å². The lowest BCUT2D eigenvalue weighted by Gasteiger charge is -2.25. The molecule has 1 heterocycles. The van der Waals surface area contributed by atoms with Crippen LogP contribution in [0.1, 0.15) is 30.7 Å². The van der Waals surface area contributed by atoms with Crippen LogP contribution in [0.3, 0.4) is 0 Å². The van der Waals surface area contributed by atoms with Gasteiger partial charge in [0, 0.05) is 19.1 Å². The van der Waals surface area contributed by atoms with Crippen LogP contribution in [0, 0.1) is 0 Å². The molecule has 1 saturated heterocycles. The number of benzene rings is 1. The number of rotatable bonds is 4. The number of ether oxygens (including phenoxy) is 1. The maximum Gasteiger partial charge on any atom is 0.208 e. The van der Waals surface area contributed by atoms with Crippen molar-refractivity contribution in [1.82, 2.24) is 4.72 Å². The summed E-state index contributed by atoms with van der Waals surface area (Å²) in [5.74, 6) is 0.108. The average molecular weight is 352 g/mol. The van der Waals surface area contributed by atoms with Gasteiger partial charge in [0.15, 0.2) is 0 Å². The normalized spacial score (nSPS) is 23.8. The summed E-state index contributed by atoms with van der Waals surface area (Å²) in [6.45, 7) is 0.914. The van der Waals surface area contributed by atoms with Crippen molar-refractivity contribution in [2.75, 3.05) is 19.4 Å². The molecule has 0 spiro atoms. The molecule has 2 atom stereocenters. The molecule has 0 unspecified atom stereocenters. The topological polar surface area (TPSA) is 55.4 Å². The van der Waals surface area contributed by atoms with E-state index < -0.39 is 10.0 Å². The molecule has 4 nitrogen and oxygen atoms in total. The Hall–Kier alpha value is -0.330. The Kier molecular flexibility index (Phi) is 5.91. The van der Waals surface area contributed by atoms with E-state index in [0.29, 0.717) is 16.7 Å². The van der Waals surface area contributed by atoms with Crippen molar-refractivity contribution in [2.45, 2.75) is 31.3 Å². The van der Waals surface area contributed by atoms with Gasteiger partial charge in [-0.05, 0) is 30.5 Å². The first kappa shape index (κ1) is 17.0. The standard InChI is InChI=1S/C14H19Cl2NO3S/c1-21(18,19)17-9-14-11(4-2-3-7-20-14)10-5-6-12(15)13(16)8-10/h5-6,8,11,14,17H,2-4,7,9H2,1H3/t11-,14+/m0/s1. The molecule has 0 aromatic heterocycles. The molecular weight excluding hydrogens is 333 g/mol. The van der Waals surface area contributed by atoms with Gasteiger partial charge in [-0.2, -0.15) is 0 Å². The van der Waals surface area contributed by atoms with Crippen molar-refractivity contribution >= 4 is 33.2 Å². The van der Waals surface area contributed by atoms with Crippen molar-refractivity contribution in [1.29, 1.82) is 0 Å². The largest absolute Gasteiger partial charge is 0.376 e. The van der Waals surface area contributed by atoms with Crippen molar-refractivity contribution in [3.05, 3.63) is 33.8 Å². The highest BCUT2D eigenvalue weighted by Gasteiger charge is 2.27. The minimum Gasteiger partial charge on any atom is -0.376 e. The summed E-state index contributed by atoms with van der Waals surface area (Å²) in [4.78, 5) is 0. The van der Waals surface area contributed by atoms with Crippen LogP contribution in [0.4, 0.5) is 0 Å². The zero-order valence-electron chi connectivity index (χ0n) is 11.8. The summed E-state index contributed by atoms with van der Waals surface area (Å²) in [6.07, 6.45) is 3.92. The van der Waals surface area contributed by atoms with Gasteiger partial charge in [-0.15, -0.1) is 0 Å². The van der Waals surface area contributed by atoms with Crippen LogP contribution in [-0.4, -0.2) is 33.9 Å². The van der Waals surface area contributed by atoms with Crippen LogP contribution < -0.4 is 4.72 Å². The minimum atomic E-state index is -3.23. The fourth-order valence-electron chi connectivity index (χ4n) is 2.56. The molecule has 118 valence electrons. The van der Waals surface area contributed by atoms with Crippen molar-refractivity contribution in [2.24, 2.45) is 0 Å². The van der Waals surface area contributed by atoms with E-state index in [2.05, 4.69) is 4.72 Å². The van der Waals surface area contributed by atoms with Gasteiger partial charge in [0.1, 0.15) is 0 Å². The number of hydrogen-bond acceptors (Lipinski definition) is 3. The summed E-state index contributed by atoms with van der Waals surface area (Å²) < 4.78 is 31.0. The minimum absolute atomic E-state index is 0.108. The van der Waals surface area contributed by atoms with E-state index in [1.165, 1.54) is 0 Å². The smallest absolute Gasteiger partial charge is 0.208 e. The summed E-state index contributed by atoms with van der Waals surface area (Å²) in [5, 5.41) is 1.02. The van der Waals surface area contributed by atoms with Gasteiger partial charge in [0.25, 0.3) is 0 Å². The molecule has 1 aliphatic heterocycles. The predicted molar refractivity (Wildman–Crippen MR) is 85.6 cm³/mol. The first-order chi connectivity index (χ1) is 9.87. The van der Waals surface area contributed by atoms with E-state index in [0.717, 1.165) is 31.1 Å². The Bertz CT molecular complexity index is 592. The molecule has 0 saturated carbocycles. The Balaban J connectivity index is 2.20. The SMILES string of the molecule is CS(=O)(=O)NC[C@H]1OCCCC[C@H]1c1ccc(Cl)c(Cl)c1. The van der Waals surface area contributed by atoms with Gasteiger partial charge < -0.3 is 4.74 Å². The van der Waals surface area contributed by atoms with Crippen LogP contribution in [0.25, 0.3) is 0 Å². The van der Waals surface area contributed by atoms with Crippen LogP contribution in [0.2, 0.25) is 10.0 Å². The van der Waals surface area contributed by atoms with Crippen LogP contribution in [-0.2, 0) is 14.8 Å². The van der Waals surface area contributed by atoms with Crippen LogP contribution >= 0.6 is 23.2 Å². The van der Waals surface area contributed by atoms with E-state index in [9.17, 15) is 8.42 Å². The van der Waals surface area contributed by atoms with E-state index in [1.807, 2.05) is 12.1 Å². The second kappa shape index (κ2) is 7.29. The maximum atomic E-state index is 11.3. The second-order valence-electron chi connectivity index (χ2n) is 5.31. The third kappa shape index (κ3) is 5.11. The first-order valence-electron chi connectivity index (χ1n) is 6.88. The van der Waals surface area contributed by atoms with E-state index in [1.54, 1.807) is 6.07 Å². The molecule has 21 heavy (non-hydrogen) atoms. The quantitative estimate of drug-likeness (QED) is 0.905. The summed E-state index contributed by atoms with van der Waals surface area (Å²) in [7, 11) is -3.23. The van der Waals surface area contributed by atoms with Gasteiger partial charge >= 0.3 is 0 Å². The molecule has 2 rings (SSSR count). The monoisotopic (exact) mass is 351 g/mol. The molecule has 1 fully saturated rings. The second-order valence-corrected chi connectivity index (χ2v) is 7.95. The molecular formula is C14H19Cl2NO3S. The van der Waals surface area contributed by atoms with Crippen molar-refractivity contribution in [3.8, 4) is 0 Å². The molecule has 1 aromatic rings. The van der Waals surface area contributed by atoms with Crippen molar-refractivity contribution < 1.29 is 13.2 Å². The molecule has 0 aliphatic carbocycles. The van der Waals surface area contributed by atoms with Gasteiger partial charge in [-0.25, -0.2) is 13.1 Å². The highest BCUT2D eigenvalue weighted by Crippen LogP contribution is 2.33. The van der Waals surface area contributed by atoms with Crippen LogP contribution in [0.15, 0.2) is 18.2 Å². The molecule has 1 aromatic carbocycles. The highest BCUT2D eigenvalue weighted by atomic mass is 35.5. The van der Waals surface area contributed by atoms with Gasteiger partial charge in [0.2, 0.25) is 10.0 Å². The van der Waals surface area contributed by atoms with Gasteiger partial charge in [0.05, 0.1) is 22.4 Å². The first-order valence-corrected chi connectivity index (χ1v) is 9.53. The number of sulfonamides is 1. The number of hydrogen-bond donors (Lipinski definition) is 1. The van der Waals surface area contributed by atoms with E-state index >= 15 is 0 Å². The molecule has 0 bridgehead atoms. The summed E-state index contributed by atoms with van der Waals surface area (Å²) >= 11 is 12.0. The fraction of sp³-hybridized carbons (Fsp3) is 0.571. The lowest BCUT2D eigenvalue weighted by Crippen LogP contribution is -2.36. The lowest BCUT2D eigenvalue weighted by atomic mass is 9.89. The highest BCUT2D eigenvalue weighted by molar-refractivity contribution is 7.88. The third-order valence-electron chi connectivity index (χ3n) is 3.61. The Morgan fingerprint density at radius 3 is 2.71 bits per heavy atom. The third-order valence-corrected chi connectivity index (χ3v) is 5.04. The van der Waals surface area contributed by atoms with E-state index in [4.69, 9.17) is 27.9 Å². The molecule has 7 heteroatoms. The van der Waals surface area contributed by atoms with Crippen LogP contribution in [0.5, 0.6) is 0 Å². The summed E-state index contributed by atoms with van der Waals surface area (Å²) in [6, 6.07) is 5.54.